The van der Waals surface area contributed by atoms with Crippen molar-refractivity contribution in [1.29, 1.82) is 0 Å². The minimum atomic E-state index is -0.0819. The third kappa shape index (κ3) is 3.60. The highest BCUT2D eigenvalue weighted by Crippen LogP contribution is 2.23. The average molecular weight is 259 g/mol. The molecule has 0 saturated carbocycles. The molecule has 0 fully saturated rings. The first kappa shape index (κ1) is 13.7. The van der Waals surface area contributed by atoms with E-state index in [1.54, 1.807) is 0 Å². The lowest BCUT2D eigenvalue weighted by atomic mass is 10.1. The molecular weight excluding hydrogens is 238 g/mol. The number of rotatable bonds is 6. The van der Waals surface area contributed by atoms with Crippen molar-refractivity contribution < 1.29 is 9.21 Å². The smallest absolute Gasteiger partial charge is 0.220 e. The Balaban J connectivity index is 1.95. The van der Waals surface area contributed by atoms with E-state index >= 15 is 0 Å². The lowest BCUT2D eigenvalue weighted by Crippen LogP contribution is -2.25. The molecule has 0 bridgehead atoms. The van der Waals surface area contributed by atoms with Crippen molar-refractivity contribution in [2.24, 2.45) is 0 Å². The molecule has 0 spiro atoms. The van der Waals surface area contributed by atoms with Gasteiger partial charge in [0.25, 0.3) is 0 Å². The Morgan fingerprint density at radius 2 is 2.11 bits per heavy atom. The largest absolute Gasteiger partial charge is 0.459 e. The lowest BCUT2D eigenvalue weighted by Gasteiger charge is -2.11. The number of hydrogen-bond donors (Lipinski definition) is 1. The fourth-order valence-corrected chi connectivity index (χ4v) is 2.14. The zero-order valence-electron chi connectivity index (χ0n) is 11.6. The standard InChI is InChI=1S/C16H21NO2/c1-3-4-5-10-16(18)17-12(2)15-11-13-8-6-7-9-14(13)19-15/h6-9,11-12H,3-5,10H2,1-2H3,(H,17,18). The van der Waals surface area contributed by atoms with Gasteiger partial charge in [0.2, 0.25) is 5.91 Å². The second kappa shape index (κ2) is 6.41. The second-order valence-electron chi connectivity index (χ2n) is 4.93. The van der Waals surface area contributed by atoms with Gasteiger partial charge >= 0.3 is 0 Å². The highest BCUT2D eigenvalue weighted by molar-refractivity contribution is 5.79. The summed E-state index contributed by atoms with van der Waals surface area (Å²) in [6, 6.07) is 9.79. The molecule has 2 rings (SSSR count). The number of fused-ring (bicyclic) bond motifs is 1. The summed E-state index contributed by atoms with van der Waals surface area (Å²) in [5, 5.41) is 4.06. The molecule has 0 aliphatic rings. The first-order valence-electron chi connectivity index (χ1n) is 6.98. The van der Waals surface area contributed by atoms with E-state index in [4.69, 9.17) is 4.42 Å². The number of para-hydroxylation sites is 1. The first-order chi connectivity index (χ1) is 9.20. The quantitative estimate of drug-likeness (QED) is 0.790. The van der Waals surface area contributed by atoms with Gasteiger partial charge in [-0.15, -0.1) is 0 Å². The van der Waals surface area contributed by atoms with Gasteiger partial charge in [0.1, 0.15) is 11.3 Å². The SMILES string of the molecule is CCCCCC(=O)NC(C)c1cc2ccccc2o1. The molecule has 1 aromatic carbocycles. The van der Waals surface area contributed by atoms with E-state index in [2.05, 4.69) is 12.2 Å². The van der Waals surface area contributed by atoms with Gasteiger partial charge < -0.3 is 9.73 Å². The van der Waals surface area contributed by atoms with Crippen LogP contribution in [0.4, 0.5) is 0 Å². The van der Waals surface area contributed by atoms with Gasteiger partial charge in [0.05, 0.1) is 6.04 Å². The first-order valence-corrected chi connectivity index (χ1v) is 6.98. The molecule has 0 saturated heterocycles. The van der Waals surface area contributed by atoms with Crippen molar-refractivity contribution in [3.8, 4) is 0 Å². The molecule has 3 heteroatoms. The molecule has 1 atom stereocenters. The van der Waals surface area contributed by atoms with E-state index in [0.29, 0.717) is 6.42 Å². The summed E-state index contributed by atoms with van der Waals surface area (Å²) in [7, 11) is 0. The van der Waals surface area contributed by atoms with E-state index in [1.165, 1.54) is 0 Å². The van der Waals surface area contributed by atoms with Gasteiger partial charge in [0, 0.05) is 11.8 Å². The molecule has 19 heavy (non-hydrogen) atoms. The van der Waals surface area contributed by atoms with Gasteiger partial charge in [-0.1, -0.05) is 38.0 Å². The summed E-state index contributed by atoms with van der Waals surface area (Å²) in [5.74, 6) is 0.909. The summed E-state index contributed by atoms with van der Waals surface area (Å²) in [6.45, 7) is 4.09. The van der Waals surface area contributed by atoms with Crippen LogP contribution in [0.2, 0.25) is 0 Å². The van der Waals surface area contributed by atoms with Crippen LogP contribution >= 0.6 is 0 Å². The van der Waals surface area contributed by atoms with E-state index in [-0.39, 0.29) is 11.9 Å². The topological polar surface area (TPSA) is 42.2 Å². The van der Waals surface area contributed by atoms with Gasteiger partial charge in [-0.05, 0) is 25.5 Å². The zero-order valence-corrected chi connectivity index (χ0v) is 11.6. The number of carbonyl (C=O) groups excluding carboxylic acids is 1. The number of carbonyl (C=O) groups is 1. The normalized spacial score (nSPS) is 12.5. The molecule has 102 valence electrons. The Morgan fingerprint density at radius 1 is 1.32 bits per heavy atom. The number of hydrogen-bond acceptors (Lipinski definition) is 2. The molecule has 0 aliphatic carbocycles. The molecule has 1 unspecified atom stereocenters. The van der Waals surface area contributed by atoms with Crippen molar-refractivity contribution in [3.05, 3.63) is 36.1 Å². The second-order valence-corrected chi connectivity index (χ2v) is 4.93. The van der Waals surface area contributed by atoms with E-state index in [9.17, 15) is 4.79 Å². The van der Waals surface area contributed by atoms with E-state index < -0.39 is 0 Å². The highest BCUT2D eigenvalue weighted by atomic mass is 16.3. The van der Waals surface area contributed by atoms with Crippen molar-refractivity contribution in [3.63, 3.8) is 0 Å². The summed E-state index contributed by atoms with van der Waals surface area (Å²) < 4.78 is 5.74. The van der Waals surface area contributed by atoms with Gasteiger partial charge in [-0.2, -0.15) is 0 Å². The Hall–Kier alpha value is -1.77. The number of nitrogens with one attached hydrogen (secondary N) is 1. The highest BCUT2D eigenvalue weighted by Gasteiger charge is 2.13. The van der Waals surface area contributed by atoms with Crippen LogP contribution < -0.4 is 5.32 Å². The summed E-state index contributed by atoms with van der Waals surface area (Å²) in [4.78, 5) is 11.8. The maximum Gasteiger partial charge on any atom is 0.220 e. The number of amides is 1. The van der Waals surface area contributed by atoms with Crippen LogP contribution in [0.15, 0.2) is 34.7 Å². The lowest BCUT2D eigenvalue weighted by molar-refractivity contribution is -0.121. The molecule has 1 aromatic heterocycles. The van der Waals surface area contributed by atoms with Crippen LogP contribution in [0.1, 0.15) is 51.3 Å². The number of benzene rings is 1. The van der Waals surface area contributed by atoms with Gasteiger partial charge in [-0.25, -0.2) is 0 Å². The summed E-state index contributed by atoms with van der Waals surface area (Å²) >= 11 is 0. The van der Waals surface area contributed by atoms with Crippen LogP contribution in [0.5, 0.6) is 0 Å². The third-order valence-electron chi connectivity index (χ3n) is 3.26. The predicted octanol–water partition coefficient (Wildman–Crippen LogP) is 4.19. The average Bonchev–Trinajstić information content (AvgIpc) is 2.83. The maximum absolute atomic E-state index is 11.8. The monoisotopic (exact) mass is 259 g/mol. The van der Waals surface area contributed by atoms with Crippen molar-refractivity contribution >= 4 is 16.9 Å². The Kier molecular flexibility index (Phi) is 4.61. The van der Waals surface area contributed by atoms with Gasteiger partial charge in [-0.3, -0.25) is 4.79 Å². The molecule has 2 aromatic rings. The Labute approximate surface area is 114 Å². The van der Waals surface area contributed by atoms with E-state index in [1.807, 2.05) is 37.3 Å². The Morgan fingerprint density at radius 3 is 2.84 bits per heavy atom. The Bertz CT molecular complexity index is 511. The predicted molar refractivity (Wildman–Crippen MR) is 76.9 cm³/mol. The molecule has 1 N–H and O–H groups in total. The number of furan rings is 1. The van der Waals surface area contributed by atoms with Crippen molar-refractivity contribution in [2.75, 3.05) is 0 Å². The van der Waals surface area contributed by atoms with Crippen LogP contribution in [0, 0.1) is 0 Å². The molecule has 1 heterocycles. The fourth-order valence-electron chi connectivity index (χ4n) is 2.14. The third-order valence-corrected chi connectivity index (χ3v) is 3.26. The minimum absolute atomic E-state index is 0.0819. The van der Waals surface area contributed by atoms with Crippen molar-refractivity contribution in [2.45, 2.75) is 45.6 Å². The minimum Gasteiger partial charge on any atom is -0.459 e. The summed E-state index contributed by atoms with van der Waals surface area (Å²) in [5.41, 5.74) is 0.865. The molecule has 0 radical (unpaired) electrons. The summed E-state index contributed by atoms with van der Waals surface area (Å²) in [6.07, 6.45) is 3.78. The molecule has 3 nitrogen and oxygen atoms in total. The molecule has 0 aliphatic heterocycles. The van der Waals surface area contributed by atoms with Crippen LogP contribution in [-0.2, 0) is 4.79 Å². The maximum atomic E-state index is 11.8. The number of unbranched alkanes of at least 4 members (excludes halogenated alkanes) is 2. The van der Waals surface area contributed by atoms with Crippen LogP contribution in [0.25, 0.3) is 11.0 Å². The van der Waals surface area contributed by atoms with Crippen molar-refractivity contribution in [1.82, 2.24) is 5.32 Å². The van der Waals surface area contributed by atoms with E-state index in [0.717, 1.165) is 36.0 Å². The molecule has 1 amide bonds. The van der Waals surface area contributed by atoms with Gasteiger partial charge in [0.15, 0.2) is 0 Å². The molecular formula is C16H21NO2. The van der Waals surface area contributed by atoms with Crippen LogP contribution in [-0.4, -0.2) is 5.91 Å². The fraction of sp³-hybridized carbons (Fsp3) is 0.438. The zero-order chi connectivity index (χ0) is 13.7. The van der Waals surface area contributed by atoms with Crippen LogP contribution in [0.3, 0.4) is 0 Å².